The number of hydrogen-bond donors (Lipinski definition) is 2. The minimum absolute atomic E-state index is 0.00555. The Bertz CT molecular complexity index is 1100. The lowest BCUT2D eigenvalue weighted by atomic mass is 10.1. The molecule has 0 bridgehead atoms. The summed E-state index contributed by atoms with van der Waals surface area (Å²) in [5, 5.41) is 2.73. The molecule has 1 aromatic heterocycles. The maximum atomic E-state index is 12.5. The number of hydrogen-bond acceptors (Lipinski definition) is 6. The van der Waals surface area contributed by atoms with Crippen LogP contribution >= 0.6 is 0 Å². The number of rotatable bonds is 7. The van der Waals surface area contributed by atoms with Crippen LogP contribution < -0.4 is 11.1 Å². The third-order valence-corrected chi connectivity index (χ3v) is 6.14. The van der Waals surface area contributed by atoms with E-state index in [4.69, 9.17) is 5.73 Å². The minimum Gasteiger partial charge on any atom is -0.382 e. The number of amides is 1. The van der Waals surface area contributed by atoms with E-state index in [1.165, 1.54) is 6.20 Å². The highest BCUT2D eigenvalue weighted by Crippen LogP contribution is 2.22. The zero-order valence-corrected chi connectivity index (χ0v) is 16.8. The molecule has 3 N–H and O–H groups in total. The Hall–Kier alpha value is -3.26. The Balaban J connectivity index is 1.85. The van der Waals surface area contributed by atoms with Gasteiger partial charge in [0, 0.05) is 11.3 Å². The quantitative estimate of drug-likeness (QED) is 0.615. The molecule has 0 radical (unpaired) electrons. The summed E-state index contributed by atoms with van der Waals surface area (Å²) in [6.07, 6.45) is 2.88. The van der Waals surface area contributed by atoms with Crippen molar-refractivity contribution in [3.05, 3.63) is 66.5 Å². The van der Waals surface area contributed by atoms with Crippen LogP contribution in [0, 0.1) is 0 Å². The van der Waals surface area contributed by atoms with Gasteiger partial charge in [-0.25, -0.2) is 18.4 Å². The Morgan fingerprint density at radius 1 is 1.07 bits per heavy atom. The largest absolute Gasteiger partial charge is 0.382 e. The average molecular weight is 410 g/mol. The van der Waals surface area contributed by atoms with Gasteiger partial charge < -0.3 is 11.1 Å². The number of nitrogens with zero attached hydrogens (tertiary/aromatic N) is 2. The topological polar surface area (TPSA) is 115 Å². The summed E-state index contributed by atoms with van der Waals surface area (Å²) in [7, 11) is -3.30. The molecule has 0 unspecified atom stereocenters. The fraction of sp³-hybridized carbons (Fsp3) is 0.190. The van der Waals surface area contributed by atoms with Gasteiger partial charge in [-0.3, -0.25) is 4.79 Å². The second kappa shape index (κ2) is 8.83. The fourth-order valence-electron chi connectivity index (χ4n) is 2.70. The molecular formula is C21H22N4O3S. The molecule has 0 aliphatic heterocycles. The number of carbonyl (C=O) groups excluding carboxylic acids is 1. The summed E-state index contributed by atoms with van der Waals surface area (Å²) in [6, 6.07) is 15.3. The number of anilines is 2. The monoisotopic (exact) mass is 410 g/mol. The molecule has 7 nitrogen and oxygen atoms in total. The van der Waals surface area contributed by atoms with Crippen molar-refractivity contribution in [3.8, 4) is 11.3 Å². The van der Waals surface area contributed by atoms with Gasteiger partial charge in [0.1, 0.15) is 0 Å². The van der Waals surface area contributed by atoms with Crippen molar-refractivity contribution in [2.24, 2.45) is 0 Å². The number of nitrogens with two attached hydrogens (primary N) is 1. The van der Waals surface area contributed by atoms with Crippen LogP contribution in [0.5, 0.6) is 0 Å². The van der Waals surface area contributed by atoms with Gasteiger partial charge in [0.05, 0.1) is 22.5 Å². The summed E-state index contributed by atoms with van der Waals surface area (Å²) >= 11 is 0. The van der Waals surface area contributed by atoms with Gasteiger partial charge in [0.25, 0.3) is 5.91 Å². The molecule has 0 aliphatic rings. The summed E-state index contributed by atoms with van der Waals surface area (Å²) in [6.45, 7) is 1.95. The maximum absolute atomic E-state index is 12.5. The Morgan fingerprint density at radius 3 is 2.41 bits per heavy atom. The minimum atomic E-state index is -3.30. The van der Waals surface area contributed by atoms with E-state index >= 15 is 0 Å². The number of benzene rings is 2. The Morgan fingerprint density at radius 2 is 1.76 bits per heavy atom. The van der Waals surface area contributed by atoms with E-state index < -0.39 is 15.7 Å². The van der Waals surface area contributed by atoms with Gasteiger partial charge in [-0.2, -0.15) is 0 Å². The van der Waals surface area contributed by atoms with Crippen LogP contribution in [-0.4, -0.2) is 30.0 Å². The van der Waals surface area contributed by atoms with E-state index in [1.54, 1.807) is 48.5 Å². The number of nitrogen functional groups attached to an aromatic ring is 1. The molecule has 2 aromatic carbocycles. The SMILES string of the molecule is CCCCS(=O)(=O)c1ccc(-c2cnc(N)c(C(=O)Nc3ccccc3)n2)cc1. The number of sulfone groups is 1. The van der Waals surface area contributed by atoms with Crippen LogP contribution in [0.2, 0.25) is 0 Å². The first-order valence-electron chi connectivity index (χ1n) is 9.23. The summed E-state index contributed by atoms with van der Waals surface area (Å²) < 4.78 is 24.6. The number of carbonyl (C=O) groups is 1. The second-order valence-electron chi connectivity index (χ2n) is 6.51. The van der Waals surface area contributed by atoms with Crippen molar-refractivity contribution in [2.75, 3.05) is 16.8 Å². The third-order valence-electron chi connectivity index (χ3n) is 4.32. The molecule has 0 fully saturated rings. The van der Waals surface area contributed by atoms with E-state index in [0.29, 0.717) is 23.4 Å². The van der Waals surface area contributed by atoms with Crippen molar-refractivity contribution in [2.45, 2.75) is 24.7 Å². The van der Waals surface area contributed by atoms with E-state index in [9.17, 15) is 13.2 Å². The van der Waals surface area contributed by atoms with Crippen molar-refractivity contribution in [1.82, 2.24) is 9.97 Å². The van der Waals surface area contributed by atoms with Crippen molar-refractivity contribution in [1.29, 1.82) is 0 Å². The molecular weight excluding hydrogens is 388 g/mol. The third kappa shape index (κ3) is 4.97. The first-order chi connectivity index (χ1) is 13.9. The number of nitrogens with one attached hydrogen (secondary N) is 1. The predicted molar refractivity (Wildman–Crippen MR) is 113 cm³/mol. The molecule has 0 aliphatic carbocycles. The molecule has 1 amide bonds. The Kier molecular flexibility index (Phi) is 6.23. The number of para-hydroxylation sites is 1. The lowest BCUT2D eigenvalue weighted by Crippen LogP contribution is -2.17. The van der Waals surface area contributed by atoms with Crippen molar-refractivity contribution >= 4 is 27.2 Å². The smallest absolute Gasteiger partial charge is 0.278 e. The normalized spacial score (nSPS) is 11.2. The standard InChI is InChI=1S/C21H22N4O3S/c1-2-3-13-29(27,28)17-11-9-15(10-12-17)18-14-23-20(22)19(25-18)21(26)24-16-7-5-4-6-8-16/h4-12,14H,2-3,13H2,1H3,(H2,22,23)(H,24,26). The predicted octanol–water partition coefficient (Wildman–Crippen LogP) is 3.55. The maximum Gasteiger partial charge on any atom is 0.278 e. The average Bonchev–Trinajstić information content (AvgIpc) is 2.73. The van der Waals surface area contributed by atoms with Gasteiger partial charge in [0.15, 0.2) is 21.3 Å². The molecule has 3 aromatic rings. The van der Waals surface area contributed by atoms with Gasteiger partial charge in [-0.05, 0) is 30.7 Å². The lowest BCUT2D eigenvalue weighted by Gasteiger charge is -2.09. The molecule has 29 heavy (non-hydrogen) atoms. The Labute approximate surface area is 169 Å². The molecule has 0 saturated heterocycles. The van der Waals surface area contributed by atoms with E-state index in [-0.39, 0.29) is 22.2 Å². The highest BCUT2D eigenvalue weighted by molar-refractivity contribution is 7.91. The summed E-state index contributed by atoms with van der Waals surface area (Å²) in [5.74, 6) is -0.336. The molecule has 3 rings (SSSR count). The summed E-state index contributed by atoms with van der Waals surface area (Å²) in [5.41, 5.74) is 7.52. The van der Waals surface area contributed by atoms with Crippen LogP contribution in [0.25, 0.3) is 11.3 Å². The highest BCUT2D eigenvalue weighted by atomic mass is 32.2. The zero-order chi connectivity index (χ0) is 20.9. The molecule has 150 valence electrons. The zero-order valence-electron chi connectivity index (χ0n) is 16.0. The second-order valence-corrected chi connectivity index (χ2v) is 8.62. The van der Waals surface area contributed by atoms with E-state index in [2.05, 4.69) is 15.3 Å². The first kappa shape index (κ1) is 20.5. The first-order valence-corrected chi connectivity index (χ1v) is 10.9. The van der Waals surface area contributed by atoms with Crippen LogP contribution in [-0.2, 0) is 9.84 Å². The van der Waals surface area contributed by atoms with Gasteiger partial charge in [-0.15, -0.1) is 0 Å². The summed E-state index contributed by atoms with van der Waals surface area (Å²) in [4.78, 5) is 21.2. The highest BCUT2D eigenvalue weighted by Gasteiger charge is 2.17. The molecule has 0 saturated carbocycles. The van der Waals surface area contributed by atoms with Crippen LogP contribution in [0.1, 0.15) is 30.3 Å². The van der Waals surface area contributed by atoms with Gasteiger partial charge >= 0.3 is 0 Å². The van der Waals surface area contributed by atoms with Crippen molar-refractivity contribution < 1.29 is 13.2 Å². The molecule has 8 heteroatoms. The number of aromatic nitrogens is 2. The lowest BCUT2D eigenvalue weighted by molar-refractivity contribution is 0.102. The van der Waals surface area contributed by atoms with Crippen LogP contribution in [0.15, 0.2) is 65.7 Å². The van der Waals surface area contributed by atoms with Crippen LogP contribution in [0.3, 0.4) is 0 Å². The van der Waals surface area contributed by atoms with E-state index in [0.717, 1.165) is 6.42 Å². The van der Waals surface area contributed by atoms with Crippen LogP contribution in [0.4, 0.5) is 11.5 Å². The van der Waals surface area contributed by atoms with E-state index in [1.807, 2.05) is 13.0 Å². The molecule has 0 atom stereocenters. The fourth-order valence-corrected chi connectivity index (χ4v) is 4.16. The van der Waals surface area contributed by atoms with Gasteiger partial charge in [0.2, 0.25) is 0 Å². The molecule has 1 heterocycles. The number of unbranched alkanes of at least 4 members (excludes halogenated alkanes) is 1. The van der Waals surface area contributed by atoms with Gasteiger partial charge in [-0.1, -0.05) is 43.7 Å². The van der Waals surface area contributed by atoms with Crippen molar-refractivity contribution in [3.63, 3.8) is 0 Å². The molecule has 0 spiro atoms.